The highest BCUT2D eigenvalue weighted by molar-refractivity contribution is 7.98. The Kier molecular flexibility index (Phi) is 5.45. The van der Waals surface area contributed by atoms with E-state index in [0.717, 1.165) is 16.8 Å². The molecule has 0 amide bonds. The SMILES string of the molecule is CSc1ccc(-c2cc(CC(=O)c3ccc(C(C)(C)O)cc3)nc3ccnn23)cc1. The third-order valence-electron chi connectivity index (χ3n) is 5.05. The molecule has 0 radical (unpaired) electrons. The van der Waals surface area contributed by atoms with Crippen molar-refractivity contribution >= 4 is 23.2 Å². The molecule has 0 atom stereocenters. The number of thioether (sulfide) groups is 1. The van der Waals surface area contributed by atoms with Crippen molar-refractivity contribution in [3.63, 3.8) is 0 Å². The predicted octanol–water partition coefficient (Wildman–Crippen LogP) is 4.77. The molecule has 0 unspecified atom stereocenters. The lowest BCUT2D eigenvalue weighted by Crippen LogP contribution is -2.15. The highest BCUT2D eigenvalue weighted by Gasteiger charge is 2.17. The van der Waals surface area contributed by atoms with E-state index < -0.39 is 5.60 Å². The van der Waals surface area contributed by atoms with E-state index in [1.54, 1.807) is 60.6 Å². The Morgan fingerprint density at radius 1 is 1.07 bits per heavy atom. The highest BCUT2D eigenvalue weighted by Crippen LogP contribution is 2.25. The third kappa shape index (κ3) is 4.15. The number of benzene rings is 2. The number of nitrogens with zero attached hydrogens (tertiary/aromatic N) is 3. The van der Waals surface area contributed by atoms with Crippen LogP contribution in [-0.2, 0) is 12.0 Å². The van der Waals surface area contributed by atoms with Crippen LogP contribution < -0.4 is 0 Å². The topological polar surface area (TPSA) is 67.5 Å². The van der Waals surface area contributed by atoms with Gasteiger partial charge in [-0.25, -0.2) is 9.50 Å². The van der Waals surface area contributed by atoms with Crippen molar-refractivity contribution < 1.29 is 9.90 Å². The molecular formula is C24H23N3O2S. The summed E-state index contributed by atoms with van der Waals surface area (Å²) in [6, 6.07) is 19.1. The largest absolute Gasteiger partial charge is 0.386 e. The van der Waals surface area contributed by atoms with Crippen LogP contribution in [0.1, 0.15) is 35.5 Å². The second kappa shape index (κ2) is 8.05. The molecule has 4 aromatic rings. The average Bonchev–Trinajstić information content (AvgIpc) is 3.21. The zero-order valence-electron chi connectivity index (χ0n) is 17.2. The van der Waals surface area contributed by atoms with E-state index in [1.807, 2.05) is 18.4 Å². The van der Waals surface area contributed by atoms with E-state index in [4.69, 9.17) is 0 Å². The van der Waals surface area contributed by atoms with E-state index in [9.17, 15) is 9.90 Å². The van der Waals surface area contributed by atoms with Gasteiger partial charge in [0.1, 0.15) is 0 Å². The number of Topliss-reactive ketones (excluding diaryl/α,β-unsaturated/α-hetero) is 1. The fourth-order valence-corrected chi connectivity index (χ4v) is 3.76. The fourth-order valence-electron chi connectivity index (χ4n) is 3.35. The van der Waals surface area contributed by atoms with Gasteiger partial charge in [-0.1, -0.05) is 36.4 Å². The monoisotopic (exact) mass is 417 g/mol. The van der Waals surface area contributed by atoms with Crippen molar-refractivity contribution in [1.82, 2.24) is 14.6 Å². The maximum absolute atomic E-state index is 12.9. The number of ketones is 1. The number of carbonyl (C=O) groups is 1. The molecule has 0 saturated heterocycles. The number of aromatic nitrogens is 3. The molecule has 0 saturated carbocycles. The standard InChI is InChI=1S/C24H23N3O2S/c1-24(2,29)18-8-4-17(5-9-18)22(28)15-19-14-21(27-23(26-19)12-13-25-27)16-6-10-20(30-3)11-7-16/h4-14,29H,15H2,1-3H3. The van der Waals surface area contributed by atoms with Crippen molar-refractivity contribution in [3.05, 3.63) is 83.7 Å². The van der Waals surface area contributed by atoms with Crippen LogP contribution in [0.5, 0.6) is 0 Å². The molecule has 152 valence electrons. The maximum Gasteiger partial charge on any atom is 0.168 e. The fraction of sp³-hybridized carbons (Fsp3) is 0.208. The molecule has 4 rings (SSSR count). The van der Waals surface area contributed by atoms with E-state index in [2.05, 4.69) is 34.3 Å². The summed E-state index contributed by atoms with van der Waals surface area (Å²) in [6.45, 7) is 3.45. The number of hydrogen-bond acceptors (Lipinski definition) is 5. The third-order valence-corrected chi connectivity index (χ3v) is 5.80. The predicted molar refractivity (Wildman–Crippen MR) is 120 cm³/mol. The van der Waals surface area contributed by atoms with Gasteiger partial charge in [-0.05, 0) is 43.9 Å². The summed E-state index contributed by atoms with van der Waals surface area (Å²) in [4.78, 5) is 18.7. The van der Waals surface area contributed by atoms with Crippen LogP contribution in [0.25, 0.3) is 16.9 Å². The van der Waals surface area contributed by atoms with Gasteiger partial charge in [0.25, 0.3) is 0 Å². The Labute approximate surface area is 179 Å². The van der Waals surface area contributed by atoms with E-state index in [-0.39, 0.29) is 12.2 Å². The van der Waals surface area contributed by atoms with Crippen LogP contribution in [-0.4, -0.2) is 31.7 Å². The van der Waals surface area contributed by atoms with Crippen LogP contribution in [0.15, 0.2) is 71.8 Å². The molecule has 1 N–H and O–H groups in total. The summed E-state index contributed by atoms with van der Waals surface area (Å²) in [5.74, 6) is -0.0163. The molecule has 0 aliphatic carbocycles. The Bertz CT molecular complexity index is 1190. The molecular weight excluding hydrogens is 394 g/mol. The Morgan fingerprint density at radius 3 is 2.40 bits per heavy atom. The first-order valence-corrected chi connectivity index (χ1v) is 10.9. The Morgan fingerprint density at radius 2 is 1.77 bits per heavy atom. The van der Waals surface area contributed by atoms with Gasteiger partial charge in [-0.3, -0.25) is 4.79 Å². The zero-order chi connectivity index (χ0) is 21.3. The molecule has 2 heterocycles. The van der Waals surface area contributed by atoms with Crippen molar-refractivity contribution in [2.75, 3.05) is 6.26 Å². The van der Waals surface area contributed by atoms with Gasteiger partial charge in [0.05, 0.1) is 29.6 Å². The van der Waals surface area contributed by atoms with Gasteiger partial charge in [-0.15, -0.1) is 11.8 Å². The summed E-state index contributed by atoms with van der Waals surface area (Å²) in [5, 5.41) is 14.5. The minimum atomic E-state index is -0.934. The summed E-state index contributed by atoms with van der Waals surface area (Å²) >= 11 is 1.69. The molecule has 2 aromatic carbocycles. The van der Waals surface area contributed by atoms with E-state index >= 15 is 0 Å². The smallest absolute Gasteiger partial charge is 0.168 e. The lowest BCUT2D eigenvalue weighted by atomic mass is 9.96. The van der Waals surface area contributed by atoms with Gasteiger partial charge in [0.2, 0.25) is 0 Å². The first kappa shape index (κ1) is 20.3. The molecule has 30 heavy (non-hydrogen) atoms. The number of fused-ring (bicyclic) bond motifs is 1. The number of aliphatic hydroxyl groups is 1. The lowest BCUT2D eigenvalue weighted by molar-refractivity contribution is 0.0784. The van der Waals surface area contributed by atoms with Crippen molar-refractivity contribution in [2.45, 2.75) is 30.8 Å². The minimum absolute atomic E-state index is 0.0163. The molecule has 6 heteroatoms. The zero-order valence-corrected chi connectivity index (χ0v) is 18.0. The molecule has 0 spiro atoms. The van der Waals surface area contributed by atoms with Gasteiger partial charge < -0.3 is 5.11 Å². The van der Waals surface area contributed by atoms with Crippen LogP contribution >= 0.6 is 11.8 Å². The first-order chi connectivity index (χ1) is 14.3. The summed E-state index contributed by atoms with van der Waals surface area (Å²) in [5.41, 5.74) is 3.77. The van der Waals surface area contributed by atoms with Crippen LogP contribution in [0.3, 0.4) is 0 Å². The second-order valence-corrected chi connectivity index (χ2v) is 8.58. The first-order valence-electron chi connectivity index (χ1n) is 9.69. The summed E-state index contributed by atoms with van der Waals surface area (Å²) in [6.07, 6.45) is 3.95. The molecule has 0 aliphatic rings. The second-order valence-electron chi connectivity index (χ2n) is 7.70. The number of carbonyl (C=O) groups excluding carboxylic acids is 1. The summed E-state index contributed by atoms with van der Waals surface area (Å²) in [7, 11) is 0. The quantitative estimate of drug-likeness (QED) is 0.361. The maximum atomic E-state index is 12.9. The molecule has 0 aliphatic heterocycles. The van der Waals surface area contributed by atoms with Crippen molar-refractivity contribution in [1.29, 1.82) is 0 Å². The number of rotatable bonds is 6. The Hall–Kier alpha value is -2.96. The van der Waals surface area contributed by atoms with Crippen LogP contribution in [0.4, 0.5) is 0 Å². The van der Waals surface area contributed by atoms with Gasteiger partial charge >= 0.3 is 0 Å². The molecule has 5 nitrogen and oxygen atoms in total. The van der Waals surface area contributed by atoms with Gasteiger partial charge in [-0.2, -0.15) is 5.10 Å². The van der Waals surface area contributed by atoms with Gasteiger partial charge in [0.15, 0.2) is 11.4 Å². The molecule has 2 aromatic heterocycles. The van der Waals surface area contributed by atoms with Crippen molar-refractivity contribution in [2.24, 2.45) is 0 Å². The molecule has 0 fully saturated rings. The number of hydrogen-bond donors (Lipinski definition) is 1. The van der Waals surface area contributed by atoms with Crippen molar-refractivity contribution in [3.8, 4) is 11.3 Å². The highest BCUT2D eigenvalue weighted by atomic mass is 32.2. The normalized spacial score (nSPS) is 11.7. The summed E-state index contributed by atoms with van der Waals surface area (Å²) < 4.78 is 1.79. The van der Waals surface area contributed by atoms with Gasteiger partial charge in [0, 0.05) is 22.1 Å². The van der Waals surface area contributed by atoms with E-state index in [1.165, 1.54) is 4.90 Å². The average molecular weight is 418 g/mol. The lowest BCUT2D eigenvalue weighted by Gasteiger charge is -2.17. The minimum Gasteiger partial charge on any atom is -0.386 e. The molecule has 0 bridgehead atoms. The van der Waals surface area contributed by atoms with E-state index in [0.29, 0.717) is 16.9 Å². The Balaban J connectivity index is 1.65. The van der Waals surface area contributed by atoms with Crippen LogP contribution in [0, 0.1) is 0 Å². The van der Waals surface area contributed by atoms with Crippen LogP contribution in [0.2, 0.25) is 0 Å².